The molecule has 2 unspecified atom stereocenters. The van der Waals surface area contributed by atoms with Crippen molar-refractivity contribution in [2.45, 2.75) is 18.4 Å². The quantitative estimate of drug-likeness (QED) is 0.872. The van der Waals surface area contributed by atoms with Crippen molar-refractivity contribution in [2.75, 3.05) is 7.05 Å². The maximum absolute atomic E-state index is 6.12. The summed E-state index contributed by atoms with van der Waals surface area (Å²) in [5.41, 5.74) is 4.08. The fraction of sp³-hybridized carbons (Fsp3) is 0.250. The van der Waals surface area contributed by atoms with E-state index in [0.717, 1.165) is 6.42 Å². The van der Waals surface area contributed by atoms with Crippen molar-refractivity contribution in [1.29, 1.82) is 0 Å². The van der Waals surface area contributed by atoms with Gasteiger partial charge in [0.2, 0.25) is 0 Å². The molecule has 19 heavy (non-hydrogen) atoms. The second-order valence-corrected chi connectivity index (χ2v) is 5.76. The van der Waals surface area contributed by atoms with Gasteiger partial charge in [0.1, 0.15) is 0 Å². The normalized spacial score (nSPS) is 18.6. The molecule has 0 bridgehead atoms. The molecule has 0 aromatic heterocycles. The first kappa shape index (κ1) is 13.0. The third-order valence-electron chi connectivity index (χ3n) is 3.91. The second kappa shape index (κ2) is 5.16. The average Bonchev–Trinajstić information content (AvgIpc) is 2.39. The van der Waals surface area contributed by atoms with E-state index >= 15 is 0 Å². The Hall–Kier alpha value is -1.02. The SMILES string of the molecule is CNC(c1ccc(Cl)c(Cl)c1)C1Cc2ccccc21. The van der Waals surface area contributed by atoms with E-state index in [4.69, 9.17) is 23.2 Å². The van der Waals surface area contributed by atoms with Gasteiger partial charge in [-0.3, -0.25) is 0 Å². The molecule has 1 aliphatic rings. The lowest BCUT2D eigenvalue weighted by Crippen LogP contribution is -2.31. The number of fused-ring (bicyclic) bond motifs is 1. The molecular formula is C16H15Cl2N. The molecule has 1 aliphatic carbocycles. The van der Waals surface area contributed by atoms with Gasteiger partial charge in [0.25, 0.3) is 0 Å². The molecule has 0 aliphatic heterocycles. The van der Waals surface area contributed by atoms with E-state index in [2.05, 4.69) is 35.6 Å². The van der Waals surface area contributed by atoms with E-state index in [1.807, 2.05) is 19.2 Å². The molecule has 0 amide bonds. The van der Waals surface area contributed by atoms with Crippen LogP contribution >= 0.6 is 23.2 Å². The number of benzene rings is 2. The fourth-order valence-electron chi connectivity index (χ4n) is 2.90. The summed E-state index contributed by atoms with van der Waals surface area (Å²) in [4.78, 5) is 0. The zero-order chi connectivity index (χ0) is 13.4. The van der Waals surface area contributed by atoms with Gasteiger partial charge in [0.05, 0.1) is 10.0 Å². The predicted molar refractivity (Wildman–Crippen MR) is 81.1 cm³/mol. The smallest absolute Gasteiger partial charge is 0.0595 e. The molecule has 2 aromatic rings. The maximum atomic E-state index is 6.12. The first-order valence-corrected chi connectivity index (χ1v) is 7.16. The molecule has 0 saturated heterocycles. The van der Waals surface area contributed by atoms with Gasteiger partial charge >= 0.3 is 0 Å². The van der Waals surface area contributed by atoms with Crippen LogP contribution in [-0.4, -0.2) is 7.05 Å². The first-order chi connectivity index (χ1) is 9.20. The Kier molecular flexibility index (Phi) is 3.53. The molecule has 3 rings (SSSR count). The minimum atomic E-state index is 0.282. The lowest BCUT2D eigenvalue weighted by molar-refractivity contribution is 0.439. The lowest BCUT2D eigenvalue weighted by Gasteiger charge is -2.36. The third-order valence-corrected chi connectivity index (χ3v) is 4.65. The molecule has 1 N–H and O–H groups in total. The van der Waals surface area contributed by atoms with Crippen molar-refractivity contribution in [3.05, 3.63) is 69.2 Å². The highest BCUT2D eigenvalue weighted by Crippen LogP contribution is 2.43. The number of hydrogen-bond acceptors (Lipinski definition) is 1. The van der Waals surface area contributed by atoms with Gasteiger partial charge < -0.3 is 5.32 Å². The zero-order valence-corrected chi connectivity index (χ0v) is 12.2. The summed E-state index contributed by atoms with van der Waals surface area (Å²) < 4.78 is 0. The first-order valence-electron chi connectivity index (χ1n) is 6.40. The number of nitrogens with one attached hydrogen (secondary N) is 1. The summed E-state index contributed by atoms with van der Waals surface area (Å²) in [6.45, 7) is 0. The van der Waals surface area contributed by atoms with Crippen molar-refractivity contribution in [3.63, 3.8) is 0 Å². The third kappa shape index (κ3) is 2.27. The van der Waals surface area contributed by atoms with Crippen molar-refractivity contribution in [3.8, 4) is 0 Å². The van der Waals surface area contributed by atoms with E-state index < -0.39 is 0 Å². The Balaban J connectivity index is 1.92. The summed E-state index contributed by atoms with van der Waals surface area (Å²) in [6.07, 6.45) is 1.11. The van der Waals surface area contributed by atoms with Crippen LogP contribution < -0.4 is 5.32 Å². The average molecular weight is 292 g/mol. The topological polar surface area (TPSA) is 12.0 Å². The number of rotatable bonds is 3. The molecule has 0 radical (unpaired) electrons. The van der Waals surface area contributed by atoms with Gasteiger partial charge in [-0.05, 0) is 42.3 Å². The molecule has 0 fully saturated rings. The van der Waals surface area contributed by atoms with Gasteiger partial charge in [0, 0.05) is 12.0 Å². The summed E-state index contributed by atoms with van der Waals surface area (Å²) in [5.74, 6) is 0.512. The van der Waals surface area contributed by atoms with Crippen molar-refractivity contribution in [2.24, 2.45) is 0 Å². The summed E-state index contributed by atoms with van der Waals surface area (Å²) in [7, 11) is 1.99. The van der Waals surface area contributed by atoms with E-state index in [0.29, 0.717) is 16.0 Å². The second-order valence-electron chi connectivity index (χ2n) is 4.95. The zero-order valence-electron chi connectivity index (χ0n) is 10.7. The molecule has 0 saturated carbocycles. The van der Waals surface area contributed by atoms with Crippen molar-refractivity contribution >= 4 is 23.2 Å². The molecule has 1 nitrogen and oxygen atoms in total. The fourth-order valence-corrected chi connectivity index (χ4v) is 3.21. The molecule has 0 spiro atoms. The van der Waals surface area contributed by atoms with Crippen LogP contribution in [0.15, 0.2) is 42.5 Å². The van der Waals surface area contributed by atoms with Gasteiger partial charge in [-0.1, -0.05) is 53.5 Å². The lowest BCUT2D eigenvalue weighted by atomic mass is 9.72. The minimum Gasteiger partial charge on any atom is -0.312 e. The Morgan fingerprint density at radius 3 is 2.58 bits per heavy atom. The summed E-state index contributed by atoms with van der Waals surface area (Å²) in [6, 6.07) is 14.8. The van der Waals surface area contributed by atoms with Crippen LogP contribution in [0.2, 0.25) is 10.0 Å². The summed E-state index contributed by atoms with van der Waals surface area (Å²) >= 11 is 12.1. The highest BCUT2D eigenvalue weighted by Gasteiger charge is 2.32. The van der Waals surface area contributed by atoms with Crippen molar-refractivity contribution < 1.29 is 0 Å². The van der Waals surface area contributed by atoms with Gasteiger partial charge in [-0.25, -0.2) is 0 Å². The summed E-state index contributed by atoms with van der Waals surface area (Å²) in [5, 5.41) is 4.63. The minimum absolute atomic E-state index is 0.282. The van der Waals surface area contributed by atoms with Gasteiger partial charge in [0.15, 0.2) is 0 Å². The molecule has 2 aromatic carbocycles. The standard InChI is InChI=1S/C16H15Cl2N/c1-19-16(11-6-7-14(17)15(18)9-11)13-8-10-4-2-3-5-12(10)13/h2-7,9,13,16,19H,8H2,1H3. The van der Waals surface area contributed by atoms with Gasteiger partial charge in [-0.2, -0.15) is 0 Å². The highest BCUT2D eigenvalue weighted by molar-refractivity contribution is 6.42. The van der Waals surface area contributed by atoms with Crippen LogP contribution in [0, 0.1) is 0 Å². The number of hydrogen-bond donors (Lipinski definition) is 1. The van der Waals surface area contributed by atoms with Crippen LogP contribution in [0.5, 0.6) is 0 Å². The van der Waals surface area contributed by atoms with Crippen LogP contribution in [0.1, 0.15) is 28.7 Å². The Morgan fingerprint density at radius 1 is 1.11 bits per heavy atom. The van der Waals surface area contributed by atoms with Crippen LogP contribution in [0.3, 0.4) is 0 Å². The van der Waals surface area contributed by atoms with Crippen LogP contribution in [0.25, 0.3) is 0 Å². The Morgan fingerprint density at radius 2 is 1.89 bits per heavy atom. The molecule has 2 atom stereocenters. The molecular weight excluding hydrogens is 277 g/mol. The Bertz CT molecular complexity index is 609. The maximum Gasteiger partial charge on any atom is 0.0595 e. The monoisotopic (exact) mass is 291 g/mol. The number of halogens is 2. The van der Waals surface area contributed by atoms with Gasteiger partial charge in [-0.15, -0.1) is 0 Å². The number of likely N-dealkylation sites (N-methyl/N-ethyl adjacent to an activating group) is 1. The van der Waals surface area contributed by atoms with Crippen LogP contribution in [-0.2, 0) is 6.42 Å². The highest BCUT2D eigenvalue weighted by atomic mass is 35.5. The van der Waals surface area contributed by atoms with Crippen LogP contribution in [0.4, 0.5) is 0 Å². The molecule has 0 heterocycles. The van der Waals surface area contributed by atoms with E-state index in [1.165, 1.54) is 16.7 Å². The van der Waals surface area contributed by atoms with Crippen molar-refractivity contribution in [1.82, 2.24) is 5.32 Å². The van der Waals surface area contributed by atoms with E-state index in [9.17, 15) is 0 Å². The largest absolute Gasteiger partial charge is 0.312 e. The molecule has 3 heteroatoms. The van der Waals surface area contributed by atoms with E-state index in [1.54, 1.807) is 0 Å². The van der Waals surface area contributed by atoms with E-state index in [-0.39, 0.29) is 6.04 Å². The molecule has 98 valence electrons. The Labute approximate surface area is 123 Å². The predicted octanol–water partition coefficient (Wildman–Crippen LogP) is 4.59.